The van der Waals surface area contributed by atoms with Gasteiger partial charge in [-0.05, 0) is 49.7 Å². The molecule has 1 N–H and O–H groups in total. The van der Waals surface area contributed by atoms with Crippen LogP contribution in [-0.2, 0) is 0 Å². The predicted molar refractivity (Wildman–Crippen MR) is 87.6 cm³/mol. The topological polar surface area (TPSA) is 46.9 Å². The summed E-state index contributed by atoms with van der Waals surface area (Å²) in [5.41, 5.74) is -0.280. The zero-order valence-electron chi connectivity index (χ0n) is 12.8. The molecule has 0 radical (unpaired) electrons. The van der Waals surface area contributed by atoms with Crippen molar-refractivity contribution in [2.45, 2.75) is 31.7 Å². The highest BCUT2D eigenvalue weighted by Gasteiger charge is 2.41. The fraction of sp³-hybridized carbons (Fsp3) is 0.412. The van der Waals surface area contributed by atoms with E-state index in [0.717, 1.165) is 10.7 Å². The Hall–Kier alpha value is -1.95. The Morgan fingerprint density at radius 1 is 1.21 bits per heavy atom. The summed E-state index contributed by atoms with van der Waals surface area (Å²) >= 11 is 6.19. The summed E-state index contributed by atoms with van der Waals surface area (Å²) in [6, 6.07) is 3.27. The van der Waals surface area contributed by atoms with Crippen LogP contribution < -0.4 is 10.9 Å². The summed E-state index contributed by atoms with van der Waals surface area (Å²) in [7, 11) is 0. The zero-order chi connectivity index (χ0) is 16.8. The van der Waals surface area contributed by atoms with Crippen LogP contribution in [0.2, 0.25) is 5.02 Å². The van der Waals surface area contributed by atoms with Gasteiger partial charge >= 0.3 is 0 Å². The van der Waals surface area contributed by atoms with Crippen molar-refractivity contribution in [3.8, 4) is 5.69 Å². The molecule has 2 fully saturated rings. The fourth-order valence-electron chi connectivity index (χ4n) is 3.07. The molecule has 0 amide bonds. The molecule has 0 saturated heterocycles. The van der Waals surface area contributed by atoms with Crippen LogP contribution in [0.3, 0.4) is 0 Å². The first-order valence-corrected chi connectivity index (χ1v) is 8.42. The van der Waals surface area contributed by atoms with Gasteiger partial charge in [-0.15, -0.1) is 0 Å². The monoisotopic (exact) mass is 351 g/mol. The molecule has 2 aromatic rings. The number of anilines is 1. The molecule has 24 heavy (non-hydrogen) atoms. The normalized spacial score (nSPS) is 17.3. The van der Waals surface area contributed by atoms with Crippen LogP contribution in [0.5, 0.6) is 0 Å². The highest BCUT2D eigenvalue weighted by molar-refractivity contribution is 6.33. The second-order valence-corrected chi connectivity index (χ2v) is 6.91. The van der Waals surface area contributed by atoms with Crippen LogP contribution in [-0.4, -0.2) is 15.8 Å². The quantitative estimate of drug-likeness (QED) is 0.892. The number of rotatable bonds is 5. The molecule has 2 aliphatic carbocycles. The second kappa shape index (κ2) is 5.84. The van der Waals surface area contributed by atoms with Crippen LogP contribution in [0.1, 0.15) is 25.7 Å². The first kappa shape index (κ1) is 15.6. The van der Waals surface area contributed by atoms with Crippen LogP contribution in [0.15, 0.2) is 29.2 Å². The average Bonchev–Trinajstić information content (AvgIpc) is 3.43. The molecule has 1 aromatic carbocycles. The van der Waals surface area contributed by atoms with E-state index in [9.17, 15) is 13.6 Å². The second-order valence-electron chi connectivity index (χ2n) is 6.53. The number of nitrogens with zero attached hydrogens (tertiary/aromatic N) is 2. The third-order valence-corrected chi connectivity index (χ3v) is 5.00. The fourth-order valence-corrected chi connectivity index (χ4v) is 3.25. The molecule has 2 saturated carbocycles. The number of nitrogens with one attached hydrogen (secondary N) is 1. The van der Waals surface area contributed by atoms with Gasteiger partial charge in [-0.25, -0.2) is 8.78 Å². The molecule has 0 spiro atoms. The highest BCUT2D eigenvalue weighted by Crippen LogP contribution is 2.46. The highest BCUT2D eigenvalue weighted by atomic mass is 35.5. The predicted octanol–water partition coefficient (Wildman–Crippen LogP) is 3.76. The summed E-state index contributed by atoms with van der Waals surface area (Å²) in [5.74, 6) is -0.323. The minimum Gasteiger partial charge on any atom is -0.379 e. The van der Waals surface area contributed by atoms with Crippen molar-refractivity contribution in [3.63, 3.8) is 0 Å². The number of benzene rings is 1. The minimum absolute atomic E-state index is 0.0278. The Bertz CT molecular complexity index is 834. The average molecular weight is 352 g/mol. The first-order chi connectivity index (χ1) is 11.5. The van der Waals surface area contributed by atoms with Gasteiger partial charge in [0, 0.05) is 12.1 Å². The van der Waals surface area contributed by atoms with Crippen LogP contribution in [0.25, 0.3) is 5.69 Å². The molecule has 126 valence electrons. The maximum atomic E-state index is 13.9. The number of hydrogen-bond donors (Lipinski definition) is 1. The van der Waals surface area contributed by atoms with E-state index in [2.05, 4.69) is 10.4 Å². The molecule has 0 aliphatic heterocycles. The lowest BCUT2D eigenvalue weighted by atomic mass is 10.1. The third kappa shape index (κ3) is 2.90. The van der Waals surface area contributed by atoms with E-state index in [1.165, 1.54) is 37.9 Å². The summed E-state index contributed by atoms with van der Waals surface area (Å²) < 4.78 is 27.8. The third-order valence-electron chi connectivity index (χ3n) is 4.64. The Morgan fingerprint density at radius 3 is 2.46 bits per heavy atom. The van der Waals surface area contributed by atoms with Crippen molar-refractivity contribution in [3.05, 3.63) is 51.4 Å². The molecule has 1 aromatic heterocycles. The Labute approximate surface area is 142 Å². The van der Waals surface area contributed by atoms with Crippen molar-refractivity contribution in [2.24, 2.45) is 11.8 Å². The van der Waals surface area contributed by atoms with Gasteiger partial charge in [0.2, 0.25) is 0 Å². The molecule has 0 unspecified atom stereocenters. The van der Waals surface area contributed by atoms with Gasteiger partial charge in [-0.2, -0.15) is 9.78 Å². The smallest absolute Gasteiger partial charge is 0.292 e. The van der Waals surface area contributed by atoms with Gasteiger partial charge in [-0.3, -0.25) is 4.79 Å². The number of halogens is 3. The number of aromatic nitrogens is 2. The first-order valence-electron chi connectivity index (χ1n) is 8.04. The van der Waals surface area contributed by atoms with Gasteiger partial charge in [0.15, 0.2) is 5.82 Å². The SMILES string of the molecule is O=c1c(Cl)c(NC(C2CC2)C2CC2)cnn1-c1ccc(F)cc1F. The van der Waals surface area contributed by atoms with Gasteiger partial charge in [0.05, 0.1) is 11.9 Å². The van der Waals surface area contributed by atoms with Gasteiger partial charge < -0.3 is 5.32 Å². The molecule has 7 heteroatoms. The molecule has 1 heterocycles. The lowest BCUT2D eigenvalue weighted by Crippen LogP contribution is -2.28. The summed E-state index contributed by atoms with van der Waals surface area (Å²) in [6.07, 6.45) is 6.20. The molecular weight excluding hydrogens is 336 g/mol. The van der Waals surface area contributed by atoms with Crippen LogP contribution in [0.4, 0.5) is 14.5 Å². The van der Waals surface area contributed by atoms with E-state index in [1.54, 1.807) is 0 Å². The Balaban J connectivity index is 1.67. The maximum Gasteiger partial charge on any atom is 0.292 e. The molecule has 0 atom stereocenters. The molecular formula is C17H16ClF2N3O. The molecule has 4 nitrogen and oxygen atoms in total. The summed E-state index contributed by atoms with van der Waals surface area (Å²) in [5, 5.41) is 7.33. The molecule has 4 rings (SSSR count). The standard InChI is InChI=1S/C17H16ClF2N3O/c18-15-13(22-16(9-1-2-9)10-3-4-10)8-21-23(17(15)24)14-6-5-11(19)7-12(14)20/h5-10,16,22H,1-4H2. The van der Waals surface area contributed by atoms with E-state index in [4.69, 9.17) is 11.6 Å². The maximum absolute atomic E-state index is 13.9. The van der Waals surface area contributed by atoms with E-state index < -0.39 is 17.2 Å². The van der Waals surface area contributed by atoms with E-state index in [0.29, 0.717) is 29.6 Å². The van der Waals surface area contributed by atoms with E-state index in [-0.39, 0.29) is 10.7 Å². The lowest BCUT2D eigenvalue weighted by Gasteiger charge is -2.19. The largest absolute Gasteiger partial charge is 0.379 e. The van der Waals surface area contributed by atoms with Crippen molar-refractivity contribution in [1.82, 2.24) is 9.78 Å². The Kier molecular flexibility index (Phi) is 3.79. The number of hydrogen-bond acceptors (Lipinski definition) is 3. The summed E-state index contributed by atoms with van der Waals surface area (Å²) in [4.78, 5) is 12.4. The van der Waals surface area contributed by atoms with Gasteiger partial charge in [-0.1, -0.05) is 11.6 Å². The van der Waals surface area contributed by atoms with Crippen molar-refractivity contribution < 1.29 is 8.78 Å². The van der Waals surface area contributed by atoms with E-state index >= 15 is 0 Å². The molecule has 0 bridgehead atoms. The molecule has 2 aliphatic rings. The van der Waals surface area contributed by atoms with Crippen molar-refractivity contribution in [2.75, 3.05) is 5.32 Å². The minimum atomic E-state index is -0.866. The van der Waals surface area contributed by atoms with Crippen molar-refractivity contribution in [1.29, 1.82) is 0 Å². The zero-order valence-corrected chi connectivity index (χ0v) is 13.6. The van der Waals surface area contributed by atoms with E-state index in [1.807, 2.05) is 0 Å². The lowest BCUT2D eigenvalue weighted by molar-refractivity contribution is 0.564. The van der Waals surface area contributed by atoms with Gasteiger partial charge in [0.1, 0.15) is 16.5 Å². The van der Waals surface area contributed by atoms with Gasteiger partial charge in [0.25, 0.3) is 5.56 Å². The van der Waals surface area contributed by atoms with Crippen molar-refractivity contribution >= 4 is 17.3 Å². The van der Waals surface area contributed by atoms with Crippen LogP contribution >= 0.6 is 11.6 Å². The summed E-state index contributed by atoms with van der Waals surface area (Å²) in [6.45, 7) is 0. The Morgan fingerprint density at radius 2 is 1.88 bits per heavy atom. The van der Waals surface area contributed by atoms with Crippen LogP contribution in [0, 0.1) is 23.5 Å².